The Balaban J connectivity index is 1.91. The molecule has 8 nitrogen and oxygen atoms in total. The average Bonchev–Trinajstić information content (AvgIpc) is 2.71. The number of methoxy groups -OCH3 is 1. The van der Waals surface area contributed by atoms with Crippen LogP contribution in [-0.2, 0) is 11.3 Å². The van der Waals surface area contributed by atoms with E-state index in [0.29, 0.717) is 32.8 Å². The maximum atomic E-state index is 12.4. The summed E-state index contributed by atoms with van der Waals surface area (Å²) >= 11 is 0. The van der Waals surface area contributed by atoms with Crippen LogP contribution in [0.5, 0.6) is 11.5 Å². The van der Waals surface area contributed by atoms with Crippen molar-refractivity contribution < 1.29 is 23.9 Å². The molecule has 0 radical (unpaired) electrons. The van der Waals surface area contributed by atoms with Crippen molar-refractivity contribution in [2.75, 3.05) is 26.9 Å². The molecule has 0 aliphatic heterocycles. The van der Waals surface area contributed by atoms with E-state index < -0.39 is 10.8 Å². The lowest BCUT2D eigenvalue weighted by atomic mass is 10.1. The second-order valence-electron chi connectivity index (χ2n) is 5.86. The number of benzene rings is 2. The van der Waals surface area contributed by atoms with E-state index in [9.17, 15) is 14.9 Å². The molecule has 0 bridgehead atoms. The van der Waals surface area contributed by atoms with E-state index in [-0.39, 0.29) is 22.7 Å². The van der Waals surface area contributed by atoms with Gasteiger partial charge in [0.25, 0.3) is 11.6 Å². The number of carbonyl (C=O) groups is 1. The van der Waals surface area contributed by atoms with Crippen LogP contribution >= 0.6 is 0 Å². The van der Waals surface area contributed by atoms with Crippen LogP contribution < -0.4 is 14.8 Å². The van der Waals surface area contributed by atoms with Gasteiger partial charge in [0.05, 0.1) is 31.3 Å². The minimum absolute atomic E-state index is 0.0700. The normalized spacial score (nSPS) is 10.4. The first-order chi connectivity index (χ1) is 13.6. The van der Waals surface area contributed by atoms with Gasteiger partial charge in [-0.3, -0.25) is 14.9 Å². The van der Waals surface area contributed by atoms with Crippen LogP contribution in [0.25, 0.3) is 0 Å². The molecule has 0 aliphatic rings. The number of hydrogen-bond donors (Lipinski definition) is 1. The fourth-order valence-electron chi connectivity index (χ4n) is 2.55. The molecule has 2 aromatic carbocycles. The number of hydrogen-bond acceptors (Lipinski definition) is 6. The van der Waals surface area contributed by atoms with Gasteiger partial charge < -0.3 is 19.5 Å². The molecule has 0 unspecified atom stereocenters. The summed E-state index contributed by atoms with van der Waals surface area (Å²) in [4.78, 5) is 23.1. The minimum Gasteiger partial charge on any atom is -0.493 e. The molecule has 0 saturated carbocycles. The highest BCUT2D eigenvalue weighted by atomic mass is 16.6. The summed E-state index contributed by atoms with van der Waals surface area (Å²) in [6.07, 6.45) is 0.584. The van der Waals surface area contributed by atoms with Crippen LogP contribution in [0.3, 0.4) is 0 Å². The predicted molar refractivity (Wildman–Crippen MR) is 104 cm³/mol. The van der Waals surface area contributed by atoms with E-state index >= 15 is 0 Å². The van der Waals surface area contributed by atoms with Crippen molar-refractivity contribution in [1.82, 2.24) is 5.32 Å². The van der Waals surface area contributed by atoms with Crippen molar-refractivity contribution >= 4 is 11.6 Å². The molecular weight excluding hydrogens is 364 g/mol. The Hall–Kier alpha value is -3.13. The molecule has 0 saturated heterocycles. The summed E-state index contributed by atoms with van der Waals surface area (Å²) < 4.78 is 16.1. The van der Waals surface area contributed by atoms with E-state index in [4.69, 9.17) is 14.2 Å². The number of amides is 1. The monoisotopic (exact) mass is 388 g/mol. The highest BCUT2D eigenvalue weighted by Crippen LogP contribution is 2.34. The first-order valence-corrected chi connectivity index (χ1v) is 8.95. The summed E-state index contributed by atoms with van der Waals surface area (Å²) in [5.41, 5.74) is 0.668. The Bertz CT molecular complexity index is 795. The first-order valence-electron chi connectivity index (χ1n) is 8.95. The summed E-state index contributed by atoms with van der Waals surface area (Å²) in [5.74, 6) is -0.0512. The fraction of sp³-hybridized carbons (Fsp3) is 0.350. The zero-order valence-electron chi connectivity index (χ0n) is 16.0. The Kier molecular flexibility index (Phi) is 8.23. The van der Waals surface area contributed by atoms with Gasteiger partial charge >= 0.3 is 0 Å². The van der Waals surface area contributed by atoms with Gasteiger partial charge in [-0.25, -0.2) is 0 Å². The Labute approximate surface area is 163 Å². The number of nitro benzene ring substituents is 1. The van der Waals surface area contributed by atoms with Crippen molar-refractivity contribution in [1.29, 1.82) is 0 Å². The van der Waals surface area contributed by atoms with E-state index in [1.807, 2.05) is 30.3 Å². The van der Waals surface area contributed by atoms with Crippen molar-refractivity contribution in [2.45, 2.75) is 20.0 Å². The number of nitro groups is 1. The molecule has 0 aromatic heterocycles. The van der Waals surface area contributed by atoms with E-state index in [2.05, 4.69) is 5.32 Å². The molecule has 1 N–H and O–H groups in total. The molecule has 0 spiro atoms. The zero-order valence-corrected chi connectivity index (χ0v) is 16.0. The molecule has 2 rings (SSSR count). The lowest BCUT2D eigenvalue weighted by Crippen LogP contribution is -2.26. The summed E-state index contributed by atoms with van der Waals surface area (Å²) in [6, 6.07) is 12.3. The highest BCUT2D eigenvalue weighted by molar-refractivity contribution is 5.99. The first kappa shape index (κ1) is 21.2. The van der Waals surface area contributed by atoms with Crippen LogP contribution in [0, 0.1) is 10.1 Å². The van der Waals surface area contributed by atoms with Gasteiger partial charge in [-0.1, -0.05) is 30.3 Å². The molecule has 8 heteroatoms. The van der Waals surface area contributed by atoms with Gasteiger partial charge in [-0.15, -0.1) is 0 Å². The van der Waals surface area contributed by atoms with Gasteiger partial charge in [0, 0.05) is 19.2 Å². The number of rotatable bonds is 11. The molecular formula is C20H24N2O6. The predicted octanol–water partition coefficient (Wildman–Crippen LogP) is 3.34. The van der Waals surface area contributed by atoms with E-state index in [1.165, 1.54) is 19.2 Å². The minimum atomic E-state index is -0.615. The quantitative estimate of drug-likeness (QED) is 0.360. The lowest BCUT2D eigenvalue weighted by Gasteiger charge is -2.12. The number of nitrogens with one attached hydrogen (secondary N) is 1. The summed E-state index contributed by atoms with van der Waals surface area (Å²) in [7, 11) is 1.39. The standard InChI is InChI=1S/C20H24N2O6/c1-3-28-19-12-16(17(22(24)25)13-18(19)26-2)20(23)21-10-7-11-27-14-15-8-5-4-6-9-15/h4-6,8-9,12-13H,3,7,10-11,14H2,1-2H3,(H,21,23). The lowest BCUT2D eigenvalue weighted by molar-refractivity contribution is -0.385. The second-order valence-corrected chi connectivity index (χ2v) is 5.86. The maximum absolute atomic E-state index is 12.4. The van der Waals surface area contributed by atoms with Crippen molar-refractivity contribution in [3.63, 3.8) is 0 Å². The summed E-state index contributed by atoms with van der Waals surface area (Å²) in [6.45, 7) is 3.41. The zero-order chi connectivity index (χ0) is 20.4. The third-order valence-corrected chi connectivity index (χ3v) is 3.89. The number of nitrogens with zero attached hydrogens (tertiary/aromatic N) is 1. The molecule has 0 fully saturated rings. The SMILES string of the molecule is CCOc1cc(C(=O)NCCCOCc2ccccc2)c([N+](=O)[O-])cc1OC. The second kappa shape index (κ2) is 10.9. The Morgan fingerprint density at radius 1 is 1.18 bits per heavy atom. The molecule has 28 heavy (non-hydrogen) atoms. The third kappa shape index (κ3) is 5.95. The van der Waals surface area contributed by atoms with Crippen LogP contribution in [-0.4, -0.2) is 37.7 Å². The van der Waals surface area contributed by atoms with Gasteiger partial charge in [0.15, 0.2) is 11.5 Å². The van der Waals surface area contributed by atoms with E-state index in [1.54, 1.807) is 6.92 Å². The van der Waals surface area contributed by atoms with Crippen LogP contribution in [0.2, 0.25) is 0 Å². The van der Waals surface area contributed by atoms with Gasteiger partial charge in [0.1, 0.15) is 5.56 Å². The van der Waals surface area contributed by atoms with Gasteiger partial charge in [0.2, 0.25) is 0 Å². The number of carbonyl (C=O) groups excluding carboxylic acids is 1. The van der Waals surface area contributed by atoms with Gasteiger partial charge in [-0.2, -0.15) is 0 Å². The molecule has 2 aromatic rings. The molecule has 1 amide bonds. The van der Waals surface area contributed by atoms with Crippen LogP contribution in [0.1, 0.15) is 29.3 Å². The Morgan fingerprint density at radius 3 is 2.57 bits per heavy atom. The molecule has 0 atom stereocenters. The molecule has 0 aliphatic carbocycles. The largest absolute Gasteiger partial charge is 0.493 e. The van der Waals surface area contributed by atoms with Crippen molar-refractivity contribution in [2.24, 2.45) is 0 Å². The summed E-state index contributed by atoms with van der Waals surface area (Å²) in [5, 5.41) is 14.0. The highest BCUT2D eigenvalue weighted by Gasteiger charge is 2.24. The maximum Gasteiger partial charge on any atom is 0.286 e. The van der Waals surface area contributed by atoms with Gasteiger partial charge in [-0.05, 0) is 18.9 Å². The van der Waals surface area contributed by atoms with Crippen LogP contribution in [0.4, 0.5) is 5.69 Å². The topological polar surface area (TPSA) is 99.9 Å². The molecule has 150 valence electrons. The third-order valence-electron chi connectivity index (χ3n) is 3.89. The van der Waals surface area contributed by atoms with Crippen molar-refractivity contribution in [3.05, 3.63) is 63.7 Å². The Morgan fingerprint density at radius 2 is 1.93 bits per heavy atom. The smallest absolute Gasteiger partial charge is 0.286 e. The van der Waals surface area contributed by atoms with Crippen molar-refractivity contribution in [3.8, 4) is 11.5 Å². The number of ether oxygens (including phenoxy) is 3. The molecule has 0 heterocycles. The van der Waals surface area contributed by atoms with Crippen LogP contribution in [0.15, 0.2) is 42.5 Å². The fourth-order valence-corrected chi connectivity index (χ4v) is 2.55. The van der Waals surface area contributed by atoms with E-state index in [0.717, 1.165) is 5.56 Å². The average molecular weight is 388 g/mol.